The number of likely N-dealkylation sites (N-methyl/N-ethyl adjacent to an activating group) is 1. The van der Waals surface area contributed by atoms with Crippen molar-refractivity contribution in [3.63, 3.8) is 0 Å². The number of nitrogens with zero attached hydrogens (tertiary/aromatic N) is 3. The van der Waals surface area contributed by atoms with Crippen molar-refractivity contribution in [3.8, 4) is 0 Å². The van der Waals surface area contributed by atoms with Gasteiger partial charge in [-0.2, -0.15) is 0 Å². The predicted octanol–water partition coefficient (Wildman–Crippen LogP) is 2.33. The van der Waals surface area contributed by atoms with E-state index in [1.165, 1.54) is 6.07 Å². The summed E-state index contributed by atoms with van der Waals surface area (Å²) in [6.45, 7) is 5.07. The Kier molecular flexibility index (Phi) is 7.80. The molecule has 1 aliphatic heterocycles. The summed E-state index contributed by atoms with van der Waals surface area (Å²) in [5, 5.41) is 17.3. The number of ether oxygens (including phenoxy) is 1. The summed E-state index contributed by atoms with van der Waals surface area (Å²) in [6.07, 6.45) is 0. The Morgan fingerprint density at radius 3 is 2.61 bits per heavy atom. The van der Waals surface area contributed by atoms with Crippen LogP contribution in [0.3, 0.4) is 0 Å². The highest BCUT2D eigenvalue weighted by Crippen LogP contribution is 2.26. The molecule has 2 aromatic carbocycles. The van der Waals surface area contributed by atoms with E-state index in [0.717, 1.165) is 37.4 Å². The van der Waals surface area contributed by atoms with Crippen molar-refractivity contribution in [2.24, 2.45) is 0 Å². The highest BCUT2D eigenvalue weighted by atomic mass is 16.6. The maximum absolute atomic E-state index is 12.7. The molecule has 31 heavy (non-hydrogen) atoms. The highest BCUT2D eigenvalue weighted by molar-refractivity contribution is 5.95. The van der Waals surface area contributed by atoms with Gasteiger partial charge < -0.3 is 25.2 Å². The van der Waals surface area contributed by atoms with Crippen LogP contribution in [0.25, 0.3) is 0 Å². The van der Waals surface area contributed by atoms with Gasteiger partial charge in [0.1, 0.15) is 5.69 Å². The third-order valence-electron chi connectivity index (χ3n) is 5.35. The highest BCUT2D eigenvalue weighted by Gasteiger charge is 2.19. The van der Waals surface area contributed by atoms with Crippen LogP contribution in [-0.2, 0) is 11.3 Å². The molecular formula is C22H29N5O4. The second kappa shape index (κ2) is 10.7. The summed E-state index contributed by atoms with van der Waals surface area (Å²) in [6, 6.07) is 12.5. The Balaban J connectivity index is 1.68. The average molecular weight is 428 g/mol. The SMILES string of the molecule is COCCNc1ccc(C(=O)NCc2ccccc2N2CCN(C)CC2)cc1[N+](=O)[O-]. The summed E-state index contributed by atoms with van der Waals surface area (Å²) in [4.78, 5) is 28.3. The number of para-hydroxylation sites is 1. The first-order valence-corrected chi connectivity index (χ1v) is 10.3. The van der Waals surface area contributed by atoms with E-state index in [1.54, 1.807) is 19.2 Å². The zero-order chi connectivity index (χ0) is 22.2. The predicted molar refractivity (Wildman–Crippen MR) is 121 cm³/mol. The number of anilines is 2. The fraction of sp³-hybridized carbons (Fsp3) is 0.409. The van der Waals surface area contributed by atoms with Crippen molar-refractivity contribution in [1.29, 1.82) is 0 Å². The van der Waals surface area contributed by atoms with Gasteiger partial charge in [-0.05, 0) is 30.8 Å². The number of methoxy groups -OCH3 is 1. The number of amides is 1. The lowest BCUT2D eigenvalue weighted by atomic mass is 10.1. The topological polar surface area (TPSA) is 100.0 Å². The minimum Gasteiger partial charge on any atom is -0.383 e. The molecule has 1 amide bonds. The van der Waals surface area contributed by atoms with E-state index in [1.807, 2.05) is 18.2 Å². The number of nitro benzene ring substituents is 1. The molecule has 1 heterocycles. The molecule has 0 spiro atoms. The third-order valence-corrected chi connectivity index (χ3v) is 5.35. The molecule has 1 saturated heterocycles. The first-order valence-electron chi connectivity index (χ1n) is 10.3. The molecule has 1 fully saturated rings. The molecule has 0 aromatic heterocycles. The van der Waals surface area contributed by atoms with Crippen LogP contribution in [0.5, 0.6) is 0 Å². The number of carbonyl (C=O) groups is 1. The van der Waals surface area contributed by atoms with Gasteiger partial charge in [0, 0.05) is 63.7 Å². The van der Waals surface area contributed by atoms with Crippen molar-refractivity contribution >= 4 is 23.0 Å². The molecule has 0 radical (unpaired) electrons. The molecular weight excluding hydrogens is 398 g/mol. The Bertz CT molecular complexity index is 913. The number of nitrogens with one attached hydrogen (secondary N) is 2. The minimum atomic E-state index is -0.491. The Hall–Kier alpha value is -3.17. The minimum absolute atomic E-state index is 0.137. The van der Waals surface area contributed by atoms with Gasteiger partial charge in [-0.15, -0.1) is 0 Å². The van der Waals surface area contributed by atoms with E-state index >= 15 is 0 Å². The van der Waals surface area contributed by atoms with Crippen LogP contribution in [0.1, 0.15) is 15.9 Å². The van der Waals surface area contributed by atoms with Gasteiger partial charge in [0.2, 0.25) is 0 Å². The van der Waals surface area contributed by atoms with Crippen LogP contribution in [-0.4, -0.2) is 69.2 Å². The van der Waals surface area contributed by atoms with E-state index in [4.69, 9.17) is 4.74 Å². The van der Waals surface area contributed by atoms with E-state index in [2.05, 4.69) is 33.5 Å². The number of carbonyl (C=O) groups excluding carboxylic acids is 1. The molecule has 0 unspecified atom stereocenters. The van der Waals surface area contributed by atoms with Gasteiger partial charge in [-0.3, -0.25) is 14.9 Å². The molecule has 0 atom stereocenters. The lowest BCUT2D eigenvalue weighted by molar-refractivity contribution is -0.384. The van der Waals surface area contributed by atoms with Crippen molar-refractivity contribution in [3.05, 3.63) is 63.7 Å². The standard InChI is InChI=1S/C22H29N5O4/c1-25-10-12-26(13-11-25)20-6-4-3-5-18(20)16-24-22(28)17-7-8-19(23-9-14-31-2)21(15-17)27(29)30/h3-8,15,23H,9-14,16H2,1-2H3,(H,24,28). The molecule has 0 saturated carbocycles. The summed E-state index contributed by atoms with van der Waals surface area (Å²) >= 11 is 0. The number of hydrogen-bond acceptors (Lipinski definition) is 7. The summed E-state index contributed by atoms with van der Waals surface area (Å²) < 4.78 is 4.96. The lowest BCUT2D eigenvalue weighted by Gasteiger charge is -2.35. The van der Waals surface area contributed by atoms with E-state index < -0.39 is 4.92 Å². The molecule has 9 nitrogen and oxygen atoms in total. The Morgan fingerprint density at radius 1 is 1.16 bits per heavy atom. The fourth-order valence-corrected chi connectivity index (χ4v) is 3.55. The summed E-state index contributed by atoms with van der Waals surface area (Å²) in [7, 11) is 3.67. The number of rotatable bonds is 9. The van der Waals surface area contributed by atoms with Crippen molar-refractivity contribution < 1.29 is 14.5 Å². The number of nitro groups is 1. The van der Waals surface area contributed by atoms with Gasteiger partial charge >= 0.3 is 0 Å². The van der Waals surface area contributed by atoms with E-state index in [9.17, 15) is 14.9 Å². The second-order valence-electron chi connectivity index (χ2n) is 7.51. The number of hydrogen-bond donors (Lipinski definition) is 2. The quantitative estimate of drug-likeness (QED) is 0.360. The summed E-state index contributed by atoms with van der Waals surface area (Å²) in [5.41, 5.74) is 2.61. The molecule has 1 aliphatic rings. The largest absolute Gasteiger partial charge is 0.383 e. The molecule has 166 valence electrons. The molecule has 2 aromatic rings. The van der Waals surface area contributed by atoms with Crippen LogP contribution in [0.4, 0.5) is 17.1 Å². The smallest absolute Gasteiger partial charge is 0.293 e. The molecule has 0 aliphatic carbocycles. The lowest BCUT2D eigenvalue weighted by Crippen LogP contribution is -2.45. The van der Waals surface area contributed by atoms with Crippen molar-refractivity contribution in [1.82, 2.24) is 10.2 Å². The number of piperazine rings is 1. The van der Waals surface area contributed by atoms with E-state index in [-0.39, 0.29) is 17.2 Å². The zero-order valence-corrected chi connectivity index (χ0v) is 18.0. The normalized spacial score (nSPS) is 14.3. The van der Waals surface area contributed by atoms with Gasteiger partial charge in [0.15, 0.2) is 0 Å². The zero-order valence-electron chi connectivity index (χ0n) is 18.0. The molecule has 2 N–H and O–H groups in total. The Labute approximate surface area is 182 Å². The van der Waals surface area contributed by atoms with Gasteiger partial charge in [-0.1, -0.05) is 18.2 Å². The van der Waals surface area contributed by atoms with Crippen molar-refractivity contribution in [2.45, 2.75) is 6.54 Å². The first-order chi connectivity index (χ1) is 15.0. The number of benzene rings is 2. The van der Waals surface area contributed by atoms with Gasteiger partial charge in [0.25, 0.3) is 11.6 Å². The Morgan fingerprint density at radius 2 is 1.90 bits per heavy atom. The van der Waals surface area contributed by atoms with Crippen LogP contribution >= 0.6 is 0 Å². The second-order valence-corrected chi connectivity index (χ2v) is 7.51. The summed E-state index contributed by atoms with van der Waals surface area (Å²) in [5.74, 6) is -0.347. The van der Waals surface area contributed by atoms with Crippen molar-refractivity contribution in [2.75, 3.05) is 63.7 Å². The van der Waals surface area contributed by atoms with Gasteiger partial charge in [-0.25, -0.2) is 0 Å². The maximum atomic E-state index is 12.7. The first kappa shape index (κ1) is 22.5. The van der Waals surface area contributed by atoms with Crippen LogP contribution in [0.2, 0.25) is 0 Å². The van der Waals surface area contributed by atoms with Gasteiger partial charge in [0.05, 0.1) is 11.5 Å². The molecule has 3 rings (SSSR count). The van der Waals surface area contributed by atoms with E-state index in [0.29, 0.717) is 25.4 Å². The monoisotopic (exact) mass is 427 g/mol. The van der Waals surface area contributed by atoms with Crippen LogP contribution in [0.15, 0.2) is 42.5 Å². The fourth-order valence-electron chi connectivity index (χ4n) is 3.55. The molecule has 9 heteroatoms. The maximum Gasteiger partial charge on any atom is 0.293 e. The molecule has 0 bridgehead atoms. The van der Waals surface area contributed by atoms with Crippen LogP contribution < -0.4 is 15.5 Å². The average Bonchev–Trinajstić information content (AvgIpc) is 2.78. The van der Waals surface area contributed by atoms with Crippen LogP contribution in [0, 0.1) is 10.1 Å². The third kappa shape index (κ3) is 5.93.